The molecule has 0 heterocycles. The maximum absolute atomic E-state index is 14.0. The lowest BCUT2D eigenvalue weighted by atomic mass is 10.1. The molecule has 0 saturated heterocycles. The molecule has 202 valence electrons. The van der Waals surface area contributed by atoms with Gasteiger partial charge in [0.1, 0.15) is 0 Å². The Balaban J connectivity index is 0. The number of halogens is 1. The van der Waals surface area contributed by atoms with E-state index in [0.29, 0.717) is 12.8 Å². The van der Waals surface area contributed by atoms with Gasteiger partial charge < -0.3 is 5.32 Å². The van der Waals surface area contributed by atoms with E-state index < -0.39 is 15.6 Å². The predicted octanol–water partition coefficient (Wildman–Crippen LogP) is 8.70. The van der Waals surface area contributed by atoms with Crippen LogP contribution >= 0.6 is 0 Å². The highest BCUT2D eigenvalue weighted by Crippen LogP contribution is 2.17. The molecule has 0 aliphatic rings. The fraction of sp³-hybridized carbons (Fsp3) is 1.00. The first-order chi connectivity index (χ1) is 16.0. The van der Waals surface area contributed by atoms with Crippen LogP contribution in [0.3, 0.4) is 0 Å². The molecular weight excluding hydrogens is 437 g/mol. The van der Waals surface area contributed by atoms with Crippen LogP contribution < -0.4 is 5.32 Å². The zero-order chi connectivity index (χ0) is 25.0. The van der Waals surface area contributed by atoms with Crippen molar-refractivity contribution in [2.24, 2.45) is 0 Å². The van der Waals surface area contributed by atoms with Crippen molar-refractivity contribution < 1.29 is 17.0 Å². The molecular formula is C27H58FNO3S. The fourth-order valence-corrected chi connectivity index (χ4v) is 4.73. The van der Waals surface area contributed by atoms with E-state index in [0.717, 1.165) is 25.7 Å². The minimum Gasteiger partial charge on any atom is -0.323 e. The van der Waals surface area contributed by atoms with Crippen LogP contribution in [-0.2, 0) is 14.3 Å². The average molecular weight is 496 g/mol. The van der Waals surface area contributed by atoms with Crippen LogP contribution in [0.2, 0.25) is 0 Å². The van der Waals surface area contributed by atoms with Gasteiger partial charge >= 0.3 is 0 Å². The lowest BCUT2D eigenvalue weighted by Crippen LogP contribution is -2.19. The summed E-state index contributed by atoms with van der Waals surface area (Å²) in [6, 6.07) is 0. The van der Waals surface area contributed by atoms with Crippen LogP contribution in [0.5, 0.6) is 0 Å². The summed E-state index contributed by atoms with van der Waals surface area (Å²) in [6.45, 7) is 4.56. The molecule has 1 unspecified atom stereocenters. The Bertz CT molecular complexity index is 460. The highest BCUT2D eigenvalue weighted by atomic mass is 32.2. The first-order valence-electron chi connectivity index (χ1n) is 14.1. The molecule has 1 N–H and O–H groups in total. The maximum Gasteiger partial charge on any atom is 0.299 e. The van der Waals surface area contributed by atoms with E-state index >= 15 is 0 Å². The molecule has 6 heteroatoms. The number of hydrogen-bond acceptors (Lipinski definition) is 4. The number of hydrogen-bond donors (Lipinski definition) is 1. The van der Waals surface area contributed by atoms with Gasteiger partial charge in [-0.2, -0.15) is 8.42 Å². The number of alkyl halides is 1. The third-order valence-corrected chi connectivity index (χ3v) is 7.20. The van der Waals surface area contributed by atoms with Gasteiger partial charge in [0.25, 0.3) is 10.1 Å². The molecule has 33 heavy (non-hydrogen) atoms. The molecule has 0 amide bonds. The summed E-state index contributed by atoms with van der Waals surface area (Å²) >= 11 is 0. The van der Waals surface area contributed by atoms with Crippen LogP contribution in [0.1, 0.15) is 149 Å². The Morgan fingerprint density at radius 2 is 0.909 bits per heavy atom. The molecule has 0 bridgehead atoms. The van der Waals surface area contributed by atoms with Crippen molar-refractivity contribution in [3.05, 3.63) is 0 Å². The lowest BCUT2D eigenvalue weighted by Gasteiger charge is -2.10. The molecule has 0 rings (SSSR count). The van der Waals surface area contributed by atoms with Crippen molar-refractivity contribution in [1.82, 2.24) is 5.32 Å². The summed E-state index contributed by atoms with van der Waals surface area (Å²) in [6.07, 6.45) is 23.5. The number of nitrogens with one attached hydrogen (secondary N) is 1. The Morgan fingerprint density at radius 1 is 0.606 bits per heavy atom. The van der Waals surface area contributed by atoms with Crippen molar-refractivity contribution in [2.45, 2.75) is 154 Å². The van der Waals surface area contributed by atoms with Crippen molar-refractivity contribution in [3.8, 4) is 0 Å². The molecule has 4 nitrogen and oxygen atoms in total. The van der Waals surface area contributed by atoms with Crippen molar-refractivity contribution >= 4 is 10.1 Å². The fourth-order valence-electron chi connectivity index (χ4n) is 3.78. The van der Waals surface area contributed by atoms with Crippen LogP contribution in [-0.4, -0.2) is 34.6 Å². The quantitative estimate of drug-likeness (QED) is 0.107. The largest absolute Gasteiger partial charge is 0.323 e. The van der Waals surface area contributed by atoms with Crippen LogP contribution in [0, 0.1) is 0 Å². The summed E-state index contributed by atoms with van der Waals surface area (Å²) in [5, 5.41) is 2.75. The minimum absolute atomic E-state index is 0.0652. The molecule has 1 atom stereocenters. The van der Waals surface area contributed by atoms with Gasteiger partial charge in [-0.05, 0) is 33.4 Å². The molecule has 0 aliphatic carbocycles. The second-order valence-corrected chi connectivity index (χ2v) is 11.1. The van der Waals surface area contributed by atoms with Gasteiger partial charge in [-0.25, -0.2) is 4.39 Å². The van der Waals surface area contributed by atoms with Crippen molar-refractivity contribution in [3.63, 3.8) is 0 Å². The van der Waals surface area contributed by atoms with Gasteiger partial charge in [0.15, 0.2) is 0 Å². The van der Waals surface area contributed by atoms with E-state index in [1.165, 1.54) is 89.9 Å². The maximum atomic E-state index is 14.0. The smallest absolute Gasteiger partial charge is 0.299 e. The zero-order valence-electron chi connectivity index (χ0n) is 22.6. The highest BCUT2D eigenvalue weighted by molar-refractivity contribution is 7.87. The highest BCUT2D eigenvalue weighted by Gasteiger charge is 2.25. The molecule has 0 radical (unpaired) electrons. The molecule has 0 aromatic carbocycles. The summed E-state index contributed by atoms with van der Waals surface area (Å²) in [4.78, 5) is 0. The van der Waals surface area contributed by atoms with Gasteiger partial charge in [0.05, 0.1) is 6.61 Å². The van der Waals surface area contributed by atoms with Gasteiger partial charge in [0.2, 0.25) is 5.50 Å². The Hall–Kier alpha value is -0.200. The van der Waals surface area contributed by atoms with Crippen molar-refractivity contribution in [2.75, 3.05) is 20.7 Å². The van der Waals surface area contributed by atoms with Crippen molar-refractivity contribution in [1.29, 1.82) is 0 Å². The summed E-state index contributed by atoms with van der Waals surface area (Å²) in [7, 11) is -0.296. The molecule has 0 spiro atoms. The zero-order valence-corrected chi connectivity index (χ0v) is 23.5. The predicted molar refractivity (Wildman–Crippen MR) is 143 cm³/mol. The normalized spacial score (nSPS) is 12.4. The van der Waals surface area contributed by atoms with E-state index in [9.17, 15) is 12.8 Å². The molecule has 0 aromatic rings. The van der Waals surface area contributed by atoms with Gasteiger partial charge in [-0.15, -0.1) is 0 Å². The molecule has 0 saturated carbocycles. The van der Waals surface area contributed by atoms with Gasteiger partial charge in [-0.3, -0.25) is 4.18 Å². The summed E-state index contributed by atoms with van der Waals surface area (Å²) in [5.41, 5.74) is -1.87. The second kappa shape index (κ2) is 28.0. The second-order valence-electron chi connectivity index (χ2n) is 9.38. The topological polar surface area (TPSA) is 55.4 Å². The monoisotopic (exact) mass is 495 g/mol. The minimum atomic E-state index is -4.05. The van der Waals surface area contributed by atoms with Gasteiger partial charge in [0, 0.05) is 0 Å². The van der Waals surface area contributed by atoms with E-state index in [1.54, 1.807) is 0 Å². The van der Waals surface area contributed by atoms with E-state index in [2.05, 4.69) is 19.2 Å². The Morgan fingerprint density at radius 3 is 1.27 bits per heavy atom. The summed E-state index contributed by atoms with van der Waals surface area (Å²) < 4.78 is 42.6. The lowest BCUT2D eigenvalue weighted by molar-refractivity contribution is 0.270. The Labute approximate surface area is 207 Å². The third-order valence-electron chi connectivity index (χ3n) is 5.84. The SMILES string of the molecule is CCCCCCCCCCCCCCOS(=O)(=O)C(F)CCCCCCCCCC.CNC. The molecule has 0 aromatic heterocycles. The number of unbranched alkanes of at least 4 members (excludes halogenated alkanes) is 18. The number of rotatable bonds is 24. The van der Waals surface area contributed by atoms with E-state index in [4.69, 9.17) is 4.18 Å². The molecule has 0 fully saturated rings. The Kier molecular flexibility index (Phi) is 29.7. The van der Waals surface area contributed by atoms with Crippen LogP contribution in [0.15, 0.2) is 0 Å². The van der Waals surface area contributed by atoms with Gasteiger partial charge in [-0.1, -0.05) is 129 Å². The van der Waals surface area contributed by atoms with E-state index in [1.807, 2.05) is 14.1 Å². The van der Waals surface area contributed by atoms with E-state index in [-0.39, 0.29) is 13.0 Å². The van der Waals surface area contributed by atoms with Crippen LogP contribution in [0.4, 0.5) is 4.39 Å². The standard InChI is InChI=1S/C25H51FO3S.C2H7N/c1-3-5-7-9-11-13-14-15-16-18-20-22-24-29-30(27,28)25(26)23-21-19-17-12-10-8-6-4-2;1-3-2/h25H,3-24H2,1-2H3;3H,1-2H3. The first kappa shape index (κ1) is 35.0. The average Bonchev–Trinajstić information content (AvgIpc) is 2.79. The third kappa shape index (κ3) is 27.9. The molecule has 0 aliphatic heterocycles. The van der Waals surface area contributed by atoms with Crippen LogP contribution in [0.25, 0.3) is 0 Å². The first-order valence-corrected chi connectivity index (χ1v) is 15.5. The summed E-state index contributed by atoms with van der Waals surface area (Å²) in [5.74, 6) is 0.